The Morgan fingerprint density at radius 1 is 1.16 bits per heavy atom. The first-order chi connectivity index (χ1) is 15.4. The van der Waals surface area contributed by atoms with Crippen molar-refractivity contribution < 1.29 is 14.0 Å². The molecule has 3 aromatic rings. The maximum Gasteiger partial charge on any atom is 0.254 e. The van der Waals surface area contributed by atoms with Crippen LogP contribution < -0.4 is 0 Å². The summed E-state index contributed by atoms with van der Waals surface area (Å²) in [6.45, 7) is 4.86. The van der Waals surface area contributed by atoms with E-state index < -0.39 is 0 Å². The van der Waals surface area contributed by atoms with Crippen molar-refractivity contribution in [1.29, 1.82) is 0 Å². The third-order valence-corrected chi connectivity index (χ3v) is 7.22. The van der Waals surface area contributed by atoms with E-state index in [-0.39, 0.29) is 29.5 Å². The van der Waals surface area contributed by atoms with Crippen molar-refractivity contribution in [3.63, 3.8) is 0 Å². The van der Waals surface area contributed by atoms with Crippen molar-refractivity contribution in [2.45, 2.75) is 58.0 Å². The topological polar surface area (TPSA) is 81.0 Å². The van der Waals surface area contributed by atoms with Crippen molar-refractivity contribution in [3.05, 3.63) is 52.9 Å². The lowest BCUT2D eigenvalue weighted by atomic mass is 9.84. The maximum atomic E-state index is 13.3. The number of ketones is 1. The standard InChI is InChI=1S/C23H24FN5O2S/c1-13-20-19(17-5-3-4-6-18(17)30)26-21(22-25-14(2)27-32-22)29(20)12-11-28(13)23(31)15-7-9-16(24)10-8-15/h7-10,13,17H,3-6,11-12H2,1-2H3. The Morgan fingerprint density at radius 3 is 2.62 bits per heavy atom. The zero-order valence-corrected chi connectivity index (χ0v) is 18.9. The van der Waals surface area contributed by atoms with E-state index in [1.54, 1.807) is 4.90 Å². The lowest BCUT2D eigenvalue weighted by Gasteiger charge is -2.36. The van der Waals surface area contributed by atoms with Crippen LogP contribution in [0.3, 0.4) is 0 Å². The Labute approximate surface area is 189 Å². The summed E-state index contributed by atoms with van der Waals surface area (Å²) in [5.74, 6) is 0.845. The maximum absolute atomic E-state index is 13.3. The first-order valence-corrected chi connectivity index (χ1v) is 11.7. The summed E-state index contributed by atoms with van der Waals surface area (Å²) >= 11 is 1.30. The van der Waals surface area contributed by atoms with Gasteiger partial charge in [-0.1, -0.05) is 6.42 Å². The summed E-state index contributed by atoms with van der Waals surface area (Å²) in [4.78, 5) is 37.3. The second kappa shape index (κ2) is 8.20. The van der Waals surface area contributed by atoms with Crippen LogP contribution in [0.2, 0.25) is 0 Å². The molecule has 0 saturated heterocycles. The number of imidazole rings is 1. The number of fused-ring (bicyclic) bond motifs is 1. The highest BCUT2D eigenvalue weighted by Gasteiger charge is 2.38. The summed E-state index contributed by atoms with van der Waals surface area (Å²) in [5.41, 5.74) is 2.11. The number of carbonyl (C=O) groups excluding carboxylic acids is 2. The van der Waals surface area contributed by atoms with Crippen LogP contribution in [-0.4, -0.2) is 42.0 Å². The fourth-order valence-electron chi connectivity index (χ4n) is 4.81. The quantitative estimate of drug-likeness (QED) is 0.591. The predicted molar refractivity (Wildman–Crippen MR) is 118 cm³/mol. The third-order valence-electron chi connectivity index (χ3n) is 6.42. The van der Waals surface area contributed by atoms with E-state index in [1.807, 2.05) is 13.8 Å². The van der Waals surface area contributed by atoms with E-state index in [2.05, 4.69) is 13.9 Å². The van der Waals surface area contributed by atoms with Crippen LogP contribution in [0, 0.1) is 12.7 Å². The van der Waals surface area contributed by atoms with Gasteiger partial charge in [-0.3, -0.25) is 9.59 Å². The summed E-state index contributed by atoms with van der Waals surface area (Å²) < 4.78 is 19.8. The van der Waals surface area contributed by atoms with Crippen LogP contribution in [0.4, 0.5) is 4.39 Å². The van der Waals surface area contributed by atoms with Gasteiger partial charge in [0.15, 0.2) is 10.8 Å². The molecular formula is C23H24FN5O2S. The second-order valence-corrected chi connectivity index (χ2v) is 9.20. The van der Waals surface area contributed by atoms with Crippen molar-refractivity contribution in [1.82, 2.24) is 23.8 Å². The van der Waals surface area contributed by atoms with E-state index in [4.69, 9.17) is 4.98 Å². The lowest BCUT2D eigenvalue weighted by Crippen LogP contribution is -2.41. The highest BCUT2D eigenvalue weighted by Crippen LogP contribution is 2.40. The van der Waals surface area contributed by atoms with E-state index in [9.17, 15) is 14.0 Å². The number of aromatic nitrogens is 4. The average molecular weight is 454 g/mol. The van der Waals surface area contributed by atoms with Crippen LogP contribution in [0.1, 0.15) is 72.1 Å². The van der Waals surface area contributed by atoms with Crippen LogP contribution in [-0.2, 0) is 11.3 Å². The molecule has 0 spiro atoms. The molecule has 1 fully saturated rings. The highest BCUT2D eigenvalue weighted by atomic mass is 32.1. The Balaban J connectivity index is 1.58. The molecule has 3 heterocycles. The summed E-state index contributed by atoms with van der Waals surface area (Å²) in [5, 5.41) is 0.726. The number of hydrogen-bond donors (Lipinski definition) is 0. The van der Waals surface area contributed by atoms with Crippen LogP contribution in [0.5, 0.6) is 0 Å². The minimum atomic E-state index is -0.374. The number of benzene rings is 1. The van der Waals surface area contributed by atoms with E-state index in [0.29, 0.717) is 30.9 Å². The van der Waals surface area contributed by atoms with Crippen LogP contribution in [0.25, 0.3) is 10.8 Å². The molecule has 32 heavy (non-hydrogen) atoms. The van der Waals surface area contributed by atoms with Gasteiger partial charge in [-0.25, -0.2) is 14.4 Å². The first-order valence-electron chi connectivity index (χ1n) is 10.9. The molecule has 0 bridgehead atoms. The van der Waals surface area contributed by atoms with Gasteiger partial charge >= 0.3 is 0 Å². The number of amides is 1. The van der Waals surface area contributed by atoms with Gasteiger partial charge in [-0.2, -0.15) is 4.37 Å². The number of aryl methyl sites for hydroxylation is 1. The average Bonchev–Trinajstić information content (AvgIpc) is 3.38. The van der Waals surface area contributed by atoms with Gasteiger partial charge < -0.3 is 9.47 Å². The van der Waals surface area contributed by atoms with Gasteiger partial charge in [0, 0.05) is 25.1 Å². The predicted octanol–water partition coefficient (Wildman–Crippen LogP) is 4.29. The molecular weight excluding hydrogens is 429 g/mol. The molecule has 1 aliphatic carbocycles. The lowest BCUT2D eigenvalue weighted by molar-refractivity contribution is -0.122. The Bertz CT molecular complexity index is 1190. The van der Waals surface area contributed by atoms with Crippen molar-refractivity contribution in [2.24, 2.45) is 0 Å². The Morgan fingerprint density at radius 2 is 1.94 bits per heavy atom. The molecule has 1 amide bonds. The molecule has 1 aromatic carbocycles. The van der Waals surface area contributed by atoms with Gasteiger partial charge in [0.25, 0.3) is 5.91 Å². The molecule has 166 valence electrons. The zero-order valence-electron chi connectivity index (χ0n) is 18.0. The molecule has 1 aliphatic heterocycles. The summed E-state index contributed by atoms with van der Waals surface area (Å²) in [6, 6.07) is 5.35. The molecule has 0 N–H and O–H groups in total. The summed E-state index contributed by atoms with van der Waals surface area (Å²) in [7, 11) is 0. The van der Waals surface area contributed by atoms with Gasteiger partial charge in [0.2, 0.25) is 0 Å². The van der Waals surface area contributed by atoms with E-state index >= 15 is 0 Å². The monoisotopic (exact) mass is 453 g/mol. The fourth-order valence-corrected chi connectivity index (χ4v) is 5.48. The number of halogens is 1. The van der Waals surface area contributed by atoms with Crippen LogP contribution in [0.15, 0.2) is 24.3 Å². The van der Waals surface area contributed by atoms with E-state index in [1.165, 1.54) is 35.8 Å². The number of Topliss-reactive ketones (excluding diaryl/α,β-unsaturated/α-hetero) is 1. The number of hydrogen-bond acceptors (Lipinski definition) is 6. The number of carbonyl (C=O) groups is 2. The summed E-state index contributed by atoms with van der Waals surface area (Å²) in [6.07, 6.45) is 3.24. The Hall–Kier alpha value is -2.94. The number of rotatable bonds is 3. The normalized spacial score (nSPS) is 21.0. The minimum Gasteiger partial charge on any atom is -0.329 e. The minimum absolute atomic E-state index is 0.154. The van der Waals surface area contributed by atoms with Crippen molar-refractivity contribution in [3.8, 4) is 10.8 Å². The fraction of sp³-hybridized carbons (Fsp3) is 0.435. The third kappa shape index (κ3) is 3.54. The van der Waals surface area contributed by atoms with Gasteiger partial charge in [0.1, 0.15) is 17.4 Å². The van der Waals surface area contributed by atoms with E-state index in [0.717, 1.165) is 41.5 Å². The molecule has 9 heteroatoms. The van der Waals surface area contributed by atoms with Gasteiger partial charge in [-0.15, -0.1) is 0 Å². The molecule has 2 unspecified atom stereocenters. The molecule has 2 aliphatic rings. The zero-order chi connectivity index (χ0) is 22.4. The Kier molecular flexibility index (Phi) is 5.36. The molecule has 2 aromatic heterocycles. The smallest absolute Gasteiger partial charge is 0.254 e. The largest absolute Gasteiger partial charge is 0.329 e. The van der Waals surface area contributed by atoms with Crippen LogP contribution >= 0.6 is 11.5 Å². The first kappa shape index (κ1) is 20.9. The molecule has 0 radical (unpaired) electrons. The number of nitrogens with zero attached hydrogens (tertiary/aromatic N) is 5. The highest BCUT2D eigenvalue weighted by molar-refractivity contribution is 7.09. The van der Waals surface area contributed by atoms with Gasteiger partial charge in [-0.05, 0) is 62.5 Å². The molecule has 2 atom stereocenters. The molecule has 5 rings (SSSR count). The van der Waals surface area contributed by atoms with Gasteiger partial charge in [0.05, 0.1) is 23.3 Å². The molecule has 7 nitrogen and oxygen atoms in total. The second-order valence-electron chi connectivity index (χ2n) is 8.45. The van der Waals surface area contributed by atoms with Crippen molar-refractivity contribution >= 4 is 23.2 Å². The molecule has 1 saturated carbocycles. The SMILES string of the molecule is Cc1nsc(-c2nc(C3CCCCC3=O)c3n2CCN(C(=O)c2ccc(F)cc2)C3C)n1. The van der Waals surface area contributed by atoms with Crippen molar-refractivity contribution in [2.75, 3.05) is 6.54 Å².